The van der Waals surface area contributed by atoms with E-state index in [-0.39, 0.29) is 10.7 Å². The number of esters is 1. The zero-order valence-electron chi connectivity index (χ0n) is 12.2. The Hall–Kier alpha value is -2.07. The summed E-state index contributed by atoms with van der Waals surface area (Å²) < 4.78 is 5.40. The third-order valence-corrected chi connectivity index (χ3v) is 3.01. The summed E-state index contributed by atoms with van der Waals surface area (Å²) in [5.41, 5.74) is 7.28. The Balaban J connectivity index is 2.60. The molecule has 0 radical (unpaired) electrons. The Morgan fingerprint density at radius 1 is 1.24 bits per heavy atom. The van der Waals surface area contributed by atoms with Crippen molar-refractivity contribution in [3.8, 4) is 11.1 Å². The lowest BCUT2D eigenvalue weighted by Crippen LogP contribution is -2.24. The Bertz CT molecular complexity index is 664. The molecule has 0 fully saturated rings. The molecule has 0 unspecified atom stereocenters. The van der Waals surface area contributed by atoms with Crippen LogP contribution in [0.2, 0.25) is 5.15 Å². The summed E-state index contributed by atoms with van der Waals surface area (Å²) in [4.78, 5) is 16.4. The standard InChI is InChI=1S/C16H17ClN2O2/c1-16(2,3)21-15(20)13-12(10-7-5-4-6-8-10)11(18)9-19-14(13)17/h4-9H,18H2,1-3H3. The van der Waals surface area contributed by atoms with Gasteiger partial charge < -0.3 is 10.5 Å². The fraction of sp³-hybridized carbons (Fsp3) is 0.250. The number of rotatable bonds is 2. The van der Waals surface area contributed by atoms with Crippen LogP contribution >= 0.6 is 11.6 Å². The number of pyridine rings is 1. The third-order valence-electron chi connectivity index (χ3n) is 2.73. The van der Waals surface area contributed by atoms with Gasteiger partial charge in [-0.05, 0) is 26.3 Å². The van der Waals surface area contributed by atoms with Gasteiger partial charge in [0.2, 0.25) is 0 Å². The molecule has 5 heteroatoms. The van der Waals surface area contributed by atoms with Crippen LogP contribution in [0.25, 0.3) is 11.1 Å². The molecule has 0 aliphatic heterocycles. The number of hydrogen-bond acceptors (Lipinski definition) is 4. The van der Waals surface area contributed by atoms with Gasteiger partial charge in [-0.1, -0.05) is 41.9 Å². The second-order valence-electron chi connectivity index (χ2n) is 5.62. The molecule has 1 heterocycles. The molecule has 2 rings (SSSR count). The predicted octanol–water partition coefficient (Wildman–Crippen LogP) is 3.94. The molecule has 0 amide bonds. The number of nitrogens with two attached hydrogens (primary N) is 1. The highest BCUT2D eigenvalue weighted by Crippen LogP contribution is 2.34. The minimum Gasteiger partial charge on any atom is -0.456 e. The summed E-state index contributed by atoms with van der Waals surface area (Å²) in [5, 5.41) is 0.0808. The van der Waals surface area contributed by atoms with Crippen LogP contribution < -0.4 is 5.73 Å². The normalized spacial score (nSPS) is 11.2. The molecular weight excluding hydrogens is 288 g/mol. The maximum Gasteiger partial charge on any atom is 0.342 e. The van der Waals surface area contributed by atoms with E-state index < -0.39 is 11.6 Å². The first-order valence-corrected chi connectivity index (χ1v) is 6.90. The molecule has 2 aromatic rings. The molecular formula is C16H17ClN2O2. The van der Waals surface area contributed by atoms with Crippen LogP contribution in [0.3, 0.4) is 0 Å². The van der Waals surface area contributed by atoms with Crippen LogP contribution in [0, 0.1) is 0 Å². The van der Waals surface area contributed by atoms with Crippen molar-refractivity contribution in [2.24, 2.45) is 0 Å². The minimum atomic E-state index is -0.626. The van der Waals surface area contributed by atoms with Gasteiger partial charge in [-0.2, -0.15) is 0 Å². The summed E-state index contributed by atoms with van der Waals surface area (Å²) >= 11 is 6.11. The van der Waals surface area contributed by atoms with Crippen molar-refractivity contribution in [3.63, 3.8) is 0 Å². The summed E-state index contributed by atoms with van der Waals surface area (Å²) in [6.07, 6.45) is 1.44. The van der Waals surface area contributed by atoms with Crippen LogP contribution in [-0.4, -0.2) is 16.6 Å². The topological polar surface area (TPSA) is 65.2 Å². The van der Waals surface area contributed by atoms with Gasteiger partial charge >= 0.3 is 5.97 Å². The smallest absolute Gasteiger partial charge is 0.342 e. The highest BCUT2D eigenvalue weighted by Gasteiger charge is 2.25. The summed E-state index contributed by atoms with van der Waals surface area (Å²) in [6, 6.07) is 9.32. The fourth-order valence-corrected chi connectivity index (χ4v) is 2.15. The fourth-order valence-electron chi connectivity index (χ4n) is 1.93. The van der Waals surface area contributed by atoms with E-state index in [0.29, 0.717) is 11.3 Å². The number of carbonyl (C=O) groups excluding carboxylic acids is 1. The van der Waals surface area contributed by atoms with Gasteiger partial charge in [0.15, 0.2) is 0 Å². The monoisotopic (exact) mass is 304 g/mol. The maximum atomic E-state index is 12.4. The zero-order chi connectivity index (χ0) is 15.6. The molecule has 0 atom stereocenters. The quantitative estimate of drug-likeness (QED) is 0.674. The number of carbonyl (C=O) groups is 1. The molecule has 2 N–H and O–H groups in total. The average Bonchev–Trinajstić information content (AvgIpc) is 2.40. The molecule has 0 saturated carbocycles. The lowest BCUT2D eigenvalue weighted by atomic mass is 10.00. The van der Waals surface area contributed by atoms with E-state index in [1.807, 2.05) is 30.3 Å². The van der Waals surface area contributed by atoms with Gasteiger partial charge in [-0.25, -0.2) is 9.78 Å². The minimum absolute atomic E-state index is 0.0808. The number of ether oxygens (including phenoxy) is 1. The maximum absolute atomic E-state index is 12.4. The van der Waals surface area contributed by atoms with E-state index in [0.717, 1.165) is 5.56 Å². The van der Waals surface area contributed by atoms with Crippen LogP contribution in [-0.2, 0) is 4.74 Å². The number of nitrogen functional groups attached to an aromatic ring is 1. The van der Waals surface area contributed by atoms with E-state index in [1.165, 1.54) is 6.20 Å². The summed E-state index contributed by atoms with van der Waals surface area (Å²) in [7, 11) is 0. The summed E-state index contributed by atoms with van der Waals surface area (Å²) in [5.74, 6) is -0.536. The van der Waals surface area contributed by atoms with Crippen molar-refractivity contribution >= 4 is 23.3 Å². The Morgan fingerprint density at radius 3 is 2.43 bits per heavy atom. The van der Waals surface area contributed by atoms with Crippen molar-refractivity contribution in [1.82, 2.24) is 4.98 Å². The van der Waals surface area contributed by atoms with E-state index in [4.69, 9.17) is 22.1 Å². The number of halogens is 1. The molecule has 0 aliphatic rings. The van der Waals surface area contributed by atoms with Gasteiger partial charge in [0, 0.05) is 5.56 Å². The third kappa shape index (κ3) is 3.52. The second kappa shape index (κ2) is 5.74. The molecule has 1 aromatic carbocycles. The van der Waals surface area contributed by atoms with Crippen LogP contribution in [0.4, 0.5) is 5.69 Å². The average molecular weight is 305 g/mol. The van der Waals surface area contributed by atoms with Crippen molar-refractivity contribution in [1.29, 1.82) is 0 Å². The zero-order valence-corrected chi connectivity index (χ0v) is 12.9. The van der Waals surface area contributed by atoms with E-state index in [1.54, 1.807) is 20.8 Å². The Labute approximate surface area is 128 Å². The highest BCUT2D eigenvalue weighted by molar-refractivity contribution is 6.33. The first-order chi connectivity index (χ1) is 9.79. The Kier molecular flexibility index (Phi) is 4.19. The lowest BCUT2D eigenvalue weighted by Gasteiger charge is -2.21. The highest BCUT2D eigenvalue weighted by atomic mass is 35.5. The van der Waals surface area contributed by atoms with Gasteiger partial charge in [0.25, 0.3) is 0 Å². The van der Waals surface area contributed by atoms with Gasteiger partial charge in [0.1, 0.15) is 16.3 Å². The van der Waals surface area contributed by atoms with Gasteiger partial charge in [-0.3, -0.25) is 0 Å². The van der Waals surface area contributed by atoms with Crippen LogP contribution in [0.15, 0.2) is 36.5 Å². The van der Waals surface area contributed by atoms with E-state index in [9.17, 15) is 4.79 Å². The molecule has 0 bridgehead atoms. The molecule has 4 nitrogen and oxygen atoms in total. The molecule has 110 valence electrons. The first-order valence-electron chi connectivity index (χ1n) is 6.52. The Morgan fingerprint density at radius 2 is 1.86 bits per heavy atom. The second-order valence-corrected chi connectivity index (χ2v) is 5.98. The van der Waals surface area contributed by atoms with Crippen LogP contribution in [0.5, 0.6) is 0 Å². The molecule has 21 heavy (non-hydrogen) atoms. The molecule has 0 saturated heterocycles. The van der Waals surface area contributed by atoms with Gasteiger partial charge in [0.05, 0.1) is 11.9 Å². The molecule has 0 spiro atoms. The number of hydrogen-bond donors (Lipinski definition) is 1. The van der Waals surface area contributed by atoms with Crippen molar-refractivity contribution < 1.29 is 9.53 Å². The lowest BCUT2D eigenvalue weighted by molar-refractivity contribution is 0.00703. The number of benzene rings is 1. The number of anilines is 1. The van der Waals surface area contributed by atoms with Crippen molar-refractivity contribution in [2.45, 2.75) is 26.4 Å². The largest absolute Gasteiger partial charge is 0.456 e. The summed E-state index contributed by atoms with van der Waals surface area (Å²) in [6.45, 7) is 5.38. The van der Waals surface area contributed by atoms with Crippen molar-refractivity contribution in [2.75, 3.05) is 5.73 Å². The van der Waals surface area contributed by atoms with Crippen molar-refractivity contribution in [3.05, 3.63) is 47.2 Å². The van der Waals surface area contributed by atoms with E-state index in [2.05, 4.69) is 4.98 Å². The SMILES string of the molecule is CC(C)(C)OC(=O)c1c(Cl)ncc(N)c1-c1ccccc1. The molecule has 1 aromatic heterocycles. The van der Waals surface area contributed by atoms with Crippen LogP contribution in [0.1, 0.15) is 31.1 Å². The number of nitrogens with zero attached hydrogens (tertiary/aromatic N) is 1. The predicted molar refractivity (Wildman–Crippen MR) is 84.3 cm³/mol. The van der Waals surface area contributed by atoms with Gasteiger partial charge in [-0.15, -0.1) is 0 Å². The van der Waals surface area contributed by atoms with E-state index >= 15 is 0 Å². The molecule has 0 aliphatic carbocycles. The first kappa shape index (κ1) is 15.3. The number of aromatic nitrogens is 1.